The van der Waals surface area contributed by atoms with Gasteiger partial charge in [-0.3, -0.25) is 9.59 Å². The fourth-order valence-corrected chi connectivity index (χ4v) is 5.87. The summed E-state index contributed by atoms with van der Waals surface area (Å²) in [6.07, 6.45) is -4.24. The van der Waals surface area contributed by atoms with E-state index in [1.807, 2.05) is 29.2 Å². The first-order chi connectivity index (χ1) is 26.3. The number of carboxylic acid groups (broad SMARTS) is 2. The number of carbonyl (C=O) groups excluding carboxylic acids is 1. The van der Waals surface area contributed by atoms with Crippen LogP contribution in [0, 0.1) is 11.6 Å². The number of aliphatic carboxylic acids is 2. The molecule has 0 fully saturated rings. The number of aromatic nitrogens is 2. The molecule has 1 aromatic heterocycles. The van der Waals surface area contributed by atoms with Gasteiger partial charge in [0.25, 0.3) is 5.56 Å². The van der Waals surface area contributed by atoms with Gasteiger partial charge in [0, 0.05) is 26.1 Å². The second-order valence-electron chi connectivity index (χ2n) is 12.6. The van der Waals surface area contributed by atoms with Crippen LogP contribution in [0.2, 0.25) is 0 Å². The van der Waals surface area contributed by atoms with Gasteiger partial charge < -0.3 is 34.8 Å². The molecule has 290 valence electrons. The van der Waals surface area contributed by atoms with Gasteiger partial charge >= 0.3 is 11.9 Å². The molecule has 1 heterocycles. The molecule has 5 aromatic rings. The molecule has 4 aromatic carbocycles. The number of nitrogens with zero attached hydrogens (tertiary/aromatic N) is 4. The van der Waals surface area contributed by atoms with Gasteiger partial charge in [-0.25, -0.2) is 18.4 Å². The number of carboxylic acids is 2. The van der Waals surface area contributed by atoms with E-state index < -0.39 is 41.3 Å². The largest absolute Gasteiger partial charge is 0.479 e. The topological polar surface area (TPSA) is 174 Å². The predicted octanol–water partition coefficient (Wildman–Crippen LogP) is 4.37. The Balaban J connectivity index is 0.000000592. The fourth-order valence-electron chi connectivity index (χ4n) is 5.87. The number of aliphatic hydroxyl groups excluding tert-OH is 2. The van der Waals surface area contributed by atoms with Crippen LogP contribution < -0.4 is 5.56 Å². The Morgan fingerprint density at radius 2 is 1.35 bits per heavy atom. The molecule has 0 aliphatic heterocycles. The lowest BCUT2D eigenvalue weighted by molar-refractivity contribution is -0.165. The van der Waals surface area contributed by atoms with Crippen molar-refractivity contribution >= 4 is 28.7 Å². The number of amides is 1. The van der Waals surface area contributed by atoms with Crippen molar-refractivity contribution in [3.8, 4) is 11.1 Å². The number of aryl methyl sites for hydroxylation is 2. The monoisotopic (exact) mass is 758 g/mol. The molecule has 0 aliphatic rings. The van der Waals surface area contributed by atoms with Crippen LogP contribution in [-0.2, 0) is 40.3 Å². The first-order valence-electron chi connectivity index (χ1n) is 17.7. The normalized spacial score (nSPS) is 12.1. The summed E-state index contributed by atoms with van der Waals surface area (Å²) in [6.45, 7) is 7.57. The second kappa shape index (κ2) is 20.0. The number of likely N-dealkylation sites (N-methyl/N-ethyl adjacent to an activating group) is 1. The minimum Gasteiger partial charge on any atom is -0.479 e. The molecule has 1 amide bonds. The van der Waals surface area contributed by atoms with Crippen LogP contribution in [0.1, 0.15) is 30.8 Å². The van der Waals surface area contributed by atoms with Crippen molar-refractivity contribution in [1.29, 1.82) is 0 Å². The summed E-state index contributed by atoms with van der Waals surface area (Å²) < 4.78 is 30.1. The first kappa shape index (κ1) is 41.9. The van der Waals surface area contributed by atoms with Crippen LogP contribution in [0.4, 0.5) is 8.78 Å². The lowest BCUT2D eigenvalue weighted by atomic mass is 10.0. The molecule has 14 heteroatoms. The van der Waals surface area contributed by atoms with E-state index in [1.165, 1.54) is 12.1 Å². The number of carbonyl (C=O) groups is 3. The molecular formula is C41H44F2N4O8. The zero-order chi connectivity index (χ0) is 40.1. The molecule has 2 unspecified atom stereocenters. The third-order valence-corrected chi connectivity index (χ3v) is 9.08. The highest BCUT2D eigenvalue weighted by atomic mass is 19.2. The fraction of sp³-hybridized carbons (Fsp3) is 0.293. The first-order valence-corrected chi connectivity index (χ1v) is 17.7. The predicted molar refractivity (Wildman–Crippen MR) is 202 cm³/mol. The highest BCUT2D eigenvalue weighted by Gasteiger charge is 2.29. The average Bonchev–Trinajstić information content (AvgIpc) is 3.19. The van der Waals surface area contributed by atoms with Crippen molar-refractivity contribution < 1.29 is 43.6 Å². The summed E-state index contributed by atoms with van der Waals surface area (Å²) in [7, 11) is 0. The summed E-state index contributed by atoms with van der Waals surface area (Å²) in [6, 6.07) is 29.5. The molecule has 0 aliphatic carbocycles. The van der Waals surface area contributed by atoms with E-state index in [0.29, 0.717) is 29.8 Å². The van der Waals surface area contributed by atoms with Crippen molar-refractivity contribution in [1.82, 2.24) is 19.4 Å². The average molecular weight is 759 g/mol. The molecule has 0 saturated carbocycles. The number of aliphatic hydroxyl groups is 2. The summed E-state index contributed by atoms with van der Waals surface area (Å²) >= 11 is 0. The molecule has 55 heavy (non-hydrogen) atoms. The van der Waals surface area contributed by atoms with Gasteiger partial charge in [0.15, 0.2) is 23.8 Å². The van der Waals surface area contributed by atoms with E-state index in [4.69, 9.17) is 20.4 Å². The van der Waals surface area contributed by atoms with Crippen LogP contribution in [0.25, 0.3) is 22.0 Å². The summed E-state index contributed by atoms with van der Waals surface area (Å²) in [4.78, 5) is 55.1. The Kier molecular flexibility index (Phi) is 15.3. The standard InChI is InChI=1S/C37H38F2N4O2.C4H6O6/c1-3-41(4-2)23-24-42(25-27-17-19-29(20-18-27)28-11-6-5-7-12-28)35(44)26-43-33-16-9-8-14-31(33)37(45)40-34(43)22-21-30-13-10-15-32(38)36(30)39;5-1(3(7)8)2(6)4(9)10/h5-20H,3-4,21-26H2,1-2H3;1-2,5-6H,(H,7,8)(H,9,10). The van der Waals surface area contributed by atoms with Gasteiger partial charge in [-0.1, -0.05) is 92.7 Å². The lowest BCUT2D eigenvalue weighted by Gasteiger charge is -2.28. The zero-order valence-corrected chi connectivity index (χ0v) is 30.5. The highest BCUT2D eigenvalue weighted by molar-refractivity contribution is 5.83. The molecule has 12 nitrogen and oxygen atoms in total. The van der Waals surface area contributed by atoms with Crippen LogP contribution in [0.5, 0.6) is 0 Å². The van der Waals surface area contributed by atoms with Crippen molar-refractivity contribution in [3.63, 3.8) is 0 Å². The Morgan fingerprint density at radius 1 is 0.745 bits per heavy atom. The molecule has 0 saturated heterocycles. The van der Waals surface area contributed by atoms with E-state index in [0.717, 1.165) is 42.4 Å². The van der Waals surface area contributed by atoms with Crippen LogP contribution >= 0.6 is 0 Å². The Bertz CT molecular complexity index is 2110. The molecule has 2 atom stereocenters. The number of para-hydroxylation sites is 1. The third kappa shape index (κ3) is 11.3. The number of benzene rings is 4. The molecular weight excluding hydrogens is 714 g/mol. The summed E-state index contributed by atoms with van der Waals surface area (Å²) in [5, 5.41) is 32.9. The smallest absolute Gasteiger partial charge is 0.335 e. The maximum atomic E-state index is 14.5. The number of halogens is 2. The van der Waals surface area contributed by atoms with Gasteiger partial charge in [0.1, 0.15) is 12.4 Å². The Hall–Kier alpha value is -5.83. The number of hydrogen-bond donors (Lipinski definition) is 4. The lowest BCUT2D eigenvalue weighted by Crippen LogP contribution is -2.40. The van der Waals surface area contributed by atoms with Crippen LogP contribution in [0.3, 0.4) is 0 Å². The summed E-state index contributed by atoms with van der Waals surface area (Å²) in [5.74, 6) is -5.14. The van der Waals surface area contributed by atoms with E-state index in [2.05, 4.69) is 60.1 Å². The van der Waals surface area contributed by atoms with Crippen molar-refractivity contribution in [2.75, 3.05) is 26.2 Å². The number of hydrogen-bond acceptors (Lipinski definition) is 8. The molecule has 0 spiro atoms. The Morgan fingerprint density at radius 3 is 1.96 bits per heavy atom. The minimum absolute atomic E-state index is 0.0465. The van der Waals surface area contributed by atoms with Gasteiger partial charge in [-0.05, 0) is 60.0 Å². The van der Waals surface area contributed by atoms with Crippen molar-refractivity contribution in [2.45, 2.75) is 52.0 Å². The maximum absolute atomic E-state index is 14.5. The molecule has 0 bridgehead atoms. The van der Waals surface area contributed by atoms with Crippen molar-refractivity contribution in [2.24, 2.45) is 0 Å². The Labute approximate surface area is 316 Å². The van der Waals surface area contributed by atoms with E-state index in [9.17, 15) is 28.0 Å². The maximum Gasteiger partial charge on any atom is 0.335 e. The van der Waals surface area contributed by atoms with E-state index in [-0.39, 0.29) is 30.9 Å². The SMILES string of the molecule is CCN(CC)CCN(Cc1ccc(-c2ccccc2)cc1)C(=O)Cn1c(CCc2cccc(F)c2F)nc(=O)c2ccccc21.O=C(O)C(O)C(O)C(=O)O. The molecule has 0 radical (unpaired) electrons. The molecule has 4 N–H and O–H groups in total. The summed E-state index contributed by atoms with van der Waals surface area (Å²) in [5.41, 5.74) is 3.59. The number of rotatable bonds is 16. The van der Waals surface area contributed by atoms with Crippen LogP contribution in [-0.4, -0.2) is 96.0 Å². The van der Waals surface area contributed by atoms with E-state index >= 15 is 0 Å². The van der Waals surface area contributed by atoms with E-state index in [1.54, 1.807) is 22.8 Å². The third-order valence-electron chi connectivity index (χ3n) is 9.08. The van der Waals surface area contributed by atoms with Crippen molar-refractivity contribution in [3.05, 3.63) is 136 Å². The quantitative estimate of drug-likeness (QED) is 0.113. The zero-order valence-electron chi connectivity index (χ0n) is 30.5. The van der Waals surface area contributed by atoms with Gasteiger partial charge in [-0.15, -0.1) is 0 Å². The number of fused-ring (bicyclic) bond motifs is 1. The highest BCUT2D eigenvalue weighted by Crippen LogP contribution is 2.21. The molecule has 5 rings (SSSR count). The van der Waals surface area contributed by atoms with Gasteiger partial charge in [0.2, 0.25) is 5.91 Å². The van der Waals surface area contributed by atoms with Gasteiger partial charge in [-0.2, -0.15) is 4.98 Å². The second-order valence-corrected chi connectivity index (χ2v) is 12.6. The van der Waals surface area contributed by atoms with Gasteiger partial charge in [0.05, 0.1) is 10.9 Å². The van der Waals surface area contributed by atoms with Crippen LogP contribution in [0.15, 0.2) is 102 Å². The minimum atomic E-state index is -2.27.